The number of amides is 1. The predicted molar refractivity (Wildman–Crippen MR) is 94.1 cm³/mol. The van der Waals surface area contributed by atoms with E-state index in [1.807, 2.05) is 25.1 Å². The van der Waals surface area contributed by atoms with Gasteiger partial charge >= 0.3 is 0 Å². The molecule has 0 radical (unpaired) electrons. The van der Waals surface area contributed by atoms with E-state index in [1.54, 1.807) is 18.2 Å². The number of carbonyl (C=O) groups is 1. The van der Waals surface area contributed by atoms with Crippen LogP contribution < -0.4 is 11.1 Å². The minimum Gasteiger partial charge on any atom is -0.398 e. The van der Waals surface area contributed by atoms with Gasteiger partial charge in [0.2, 0.25) is 5.91 Å². The molecule has 0 bridgehead atoms. The molecule has 0 atom stereocenters. The summed E-state index contributed by atoms with van der Waals surface area (Å²) in [5.74, 6) is 0.175. The first-order chi connectivity index (χ1) is 9.95. The van der Waals surface area contributed by atoms with E-state index in [2.05, 4.69) is 21.2 Å². The van der Waals surface area contributed by atoms with Gasteiger partial charge in [-0.05, 0) is 58.7 Å². The molecule has 0 aliphatic carbocycles. The minimum absolute atomic E-state index is 0.0936. The van der Waals surface area contributed by atoms with E-state index in [0.717, 1.165) is 20.6 Å². The van der Waals surface area contributed by atoms with Gasteiger partial charge in [0.15, 0.2) is 0 Å². The first-order valence-electron chi connectivity index (χ1n) is 6.19. The molecular formula is C15H14BrClN2OS. The van der Waals surface area contributed by atoms with E-state index in [-0.39, 0.29) is 11.7 Å². The van der Waals surface area contributed by atoms with Gasteiger partial charge in [0, 0.05) is 20.1 Å². The molecule has 0 aromatic heterocycles. The van der Waals surface area contributed by atoms with E-state index in [4.69, 9.17) is 17.3 Å². The molecule has 2 rings (SSSR count). The van der Waals surface area contributed by atoms with Crippen LogP contribution in [-0.2, 0) is 4.79 Å². The first-order valence-corrected chi connectivity index (χ1v) is 8.35. The SMILES string of the molecule is Cc1ccc(NC(=O)CSc2cc(Cl)ccc2N)c(Br)c1. The Morgan fingerprint density at radius 1 is 1.33 bits per heavy atom. The fourth-order valence-corrected chi connectivity index (χ4v) is 3.32. The van der Waals surface area contributed by atoms with Crippen molar-refractivity contribution in [1.82, 2.24) is 0 Å². The van der Waals surface area contributed by atoms with E-state index in [9.17, 15) is 4.79 Å². The molecule has 0 saturated carbocycles. The third-order valence-corrected chi connectivity index (χ3v) is 4.70. The van der Waals surface area contributed by atoms with Gasteiger partial charge in [-0.2, -0.15) is 0 Å². The summed E-state index contributed by atoms with van der Waals surface area (Å²) in [6.07, 6.45) is 0. The predicted octanol–water partition coefficient (Wildman–Crippen LogP) is 4.72. The average Bonchev–Trinajstić information content (AvgIpc) is 2.43. The van der Waals surface area contributed by atoms with E-state index in [0.29, 0.717) is 10.7 Å². The number of nitrogens with one attached hydrogen (secondary N) is 1. The zero-order chi connectivity index (χ0) is 15.4. The van der Waals surface area contributed by atoms with Crippen LogP contribution >= 0.6 is 39.3 Å². The second-order valence-corrected chi connectivity index (χ2v) is 6.81. The smallest absolute Gasteiger partial charge is 0.234 e. The Morgan fingerprint density at radius 2 is 2.10 bits per heavy atom. The summed E-state index contributed by atoms with van der Waals surface area (Å²) in [6.45, 7) is 1.99. The number of anilines is 2. The number of nitrogens with two attached hydrogens (primary N) is 1. The Kier molecular flexibility index (Phi) is 5.56. The highest BCUT2D eigenvalue weighted by Gasteiger charge is 2.08. The fraction of sp³-hybridized carbons (Fsp3) is 0.133. The summed E-state index contributed by atoms with van der Waals surface area (Å²) in [5.41, 5.74) is 8.35. The van der Waals surface area contributed by atoms with Crippen LogP contribution in [0.25, 0.3) is 0 Å². The number of carbonyl (C=O) groups excluding carboxylic acids is 1. The van der Waals surface area contributed by atoms with Gasteiger partial charge < -0.3 is 11.1 Å². The van der Waals surface area contributed by atoms with Crippen LogP contribution in [0.2, 0.25) is 5.02 Å². The van der Waals surface area contributed by atoms with Crippen LogP contribution in [0.15, 0.2) is 45.8 Å². The second kappa shape index (κ2) is 7.20. The maximum absolute atomic E-state index is 12.0. The largest absolute Gasteiger partial charge is 0.398 e. The highest BCUT2D eigenvalue weighted by atomic mass is 79.9. The Labute approximate surface area is 141 Å². The molecule has 3 N–H and O–H groups in total. The van der Waals surface area contributed by atoms with Crippen LogP contribution in [0, 0.1) is 6.92 Å². The summed E-state index contributed by atoms with van der Waals surface area (Å²) in [7, 11) is 0. The number of benzene rings is 2. The van der Waals surface area contributed by atoms with E-state index < -0.39 is 0 Å². The van der Waals surface area contributed by atoms with Crippen molar-refractivity contribution in [3.8, 4) is 0 Å². The lowest BCUT2D eigenvalue weighted by atomic mass is 10.2. The molecule has 0 aliphatic heterocycles. The highest BCUT2D eigenvalue weighted by molar-refractivity contribution is 9.10. The van der Waals surface area contributed by atoms with Crippen molar-refractivity contribution in [1.29, 1.82) is 0 Å². The first kappa shape index (κ1) is 16.2. The van der Waals surface area contributed by atoms with Crippen molar-refractivity contribution >= 4 is 56.6 Å². The molecular weight excluding hydrogens is 372 g/mol. The number of halogens is 2. The zero-order valence-corrected chi connectivity index (χ0v) is 14.5. The summed E-state index contributed by atoms with van der Waals surface area (Å²) < 4.78 is 0.864. The number of hydrogen-bond acceptors (Lipinski definition) is 3. The fourth-order valence-electron chi connectivity index (χ4n) is 1.68. The Bertz CT molecular complexity index is 679. The zero-order valence-electron chi connectivity index (χ0n) is 11.3. The minimum atomic E-state index is -0.0936. The standard InChI is InChI=1S/C15H14BrClN2OS/c1-9-2-5-13(11(16)6-9)19-15(20)8-21-14-7-10(17)3-4-12(14)18/h2-7H,8,18H2,1H3,(H,19,20). The van der Waals surface area contributed by atoms with Gasteiger partial charge in [-0.25, -0.2) is 0 Å². The molecule has 21 heavy (non-hydrogen) atoms. The molecule has 0 heterocycles. The highest BCUT2D eigenvalue weighted by Crippen LogP contribution is 2.28. The topological polar surface area (TPSA) is 55.1 Å². The van der Waals surface area contributed by atoms with Gasteiger partial charge in [0.05, 0.1) is 11.4 Å². The van der Waals surface area contributed by atoms with Crippen molar-refractivity contribution in [3.05, 3.63) is 51.5 Å². The molecule has 0 unspecified atom stereocenters. The molecule has 0 saturated heterocycles. The summed E-state index contributed by atoms with van der Waals surface area (Å²) in [4.78, 5) is 12.8. The van der Waals surface area contributed by atoms with Crippen LogP contribution in [0.3, 0.4) is 0 Å². The van der Waals surface area contributed by atoms with Gasteiger partial charge in [-0.3, -0.25) is 4.79 Å². The van der Waals surface area contributed by atoms with E-state index in [1.165, 1.54) is 11.8 Å². The molecule has 0 fully saturated rings. The lowest BCUT2D eigenvalue weighted by Gasteiger charge is -2.09. The maximum atomic E-state index is 12.0. The van der Waals surface area contributed by atoms with Gasteiger partial charge in [-0.1, -0.05) is 17.7 Å². The Hall–Kier alpha value is -1.17. The molecule has 6 heteroatoms. The summed E-state index contributed by atoms with van der Waals surface area (Å²) in [5, 5.41) is 3.47. The third kappa shape index (κ3) is 4.66. The molecule has 0 aliphatic rings. The number of rotatable bonds is 4. The van der Waals surface area contributed by atoms with Crippen LogP contribution in [0.1, 0.15) is 5.56 Å². The van der Waals surface area contributed by atoms with Gasteiger partial charge in [-0.15, -0.1) is 11.8 Å². The van der Waals surface area contributed by atoms with Crippen LogP contribution in [0.4, 0.5) is 11.4 Å². The Balaban J connectivity index is 1.97. The van der Waals surface area contributed by atoms with Crippen molar-refractivity contribution in [2.45, 2.75) is 11.8 Å². The third-order valence-electron chi connectivity index (χ3n) is 2.73. The summed E-state index contributed by atoms with van der Waals surface area (Å²) >= 11 is 10.7. The quantitative estimate of drug-likeness (QED) is 0.591. The molecule has 0 spiro atoms. The lowest BCUT2D eigenvalue weighted by molar-refractivity contribution is -0.113. The number of aryl methyl sites for hydroxylation is 1. The summed E-state index contributed by atoms with van der Waals surface area (Å²) in [6, 6.07) is 11.0. The van der Waals surface area contributed by atoms with Crippen molar-refractivity contribution < 1.29 is 4.79 Å². The molecule has 1 amide bonds. The monoisotopic (exact) mass is 384 g/mol. The number of hydrogen-bond donors (Lipinski definition) is 2. The Morgan fingerprint density at radius 3 is 2.81 bits per heavy atom. The molecule has 2 aromatic carbocycles. The molecule has 2 aromatic rings. The van der Waals surface area contributed by atoms with Crippen molar-refractivity contribution in [3.63, 3.8) is 0 Å². The number of nitrogen functional groups attached to an aromatic ring is 1. The molecule has 110 valence electrons. The van der Waals surface area contributed by atoms with E-state index >= 15 is 0 Å². The van der Waals surface area contributed by atoms with Crippen molar-refractivity contribution in [2.24, 2.45) is 0 Å². The lowest BCUT2D eigenvalue weighted by Crippen LogP contribution is -2.14. The second-order valence-electron chi connectivity index (χ2n) is 4.50. The van der Waals surface area contributed by atoms with Crippen LogP contribution in [-0.4, -0.2) is 11.7 Å². The van der Waals surface area contributed by atoms with Gasteiger partial charge in [0.1, 0.15) is 0 Å². The van der Waals surface area contributed by atoms with Crippen LogP contribution in [0.5, 0.6) is 0 Å². The van der Waals surface area contributed by atoms with Gasteiger partial charge in [0.25, 0.3) is 0 Å². The van der Waals surface area contributed by atoms with Crippen molar-refractivity contribution in [2.75, 3.05) is 16.8 Å². The number of thioether (sulfide) groups is 1. The maximum Gasteiger partial charge on any atom is 0.234 e. The normalized spacial score (nSPS) is 10.4. The average molecular weight is 386 g/mol. The molecule has 3 nitrogen and oxygen atoms in total.